The van der Waals surface area contributed by atoms with Crippen molar-refractivity contribution in [2.45, 2.75) is 57.3 Å². The van der Waals surface area contributed by atoms with Gasteiger partial charge in [0.25, 0.3) is 5.91 Å². The van der Waals surface area contributed by atoms with Gasteiger partial charge in [-0.1, -0.05) is 30.3 Å². The molecule has 0 spiro atoms. The van der Waals surface area contributed by atoms with Crippen molar-refractivity contribution < 1.29 is 13.6 Å². The van der Waals surface area contributed by atoms with Crippen LogP contribution in [0.1, 0.15) is 53.2 Å². The van der Waals surface area contributed by atoms with Gasteiger partial charge < -0.3 is 20.5 Å². The molecule has 2 aromatic heterocycles. The normalized spacial score (nSPS) is 18.1. The predicted molar refractivity (Wildman–Crippen MR) is 137 cm³/mol. The van der Waals surface area contributed by atoms with Crippen LogP contribution in [0.15, 0.2) is 65.4 Å². The van der Waals surface area contributed by atoms with E-state index in [0.717, 1.165) is 49.7 Å². The topological polar surface area (TPSA) is 100 Å². The second-order valence-electron chi connectivity index (χ2n) is 9.66. The third-order valence-electron chi connectivity index (χ3n) is 6.94. The maximum absolute atomic E-state index is 13.4. The summed E-state index contributed by atoms with van der Waals surface area (Å²) in [5, 5.41) is 4.27. The minimum Gasteiger partial charge on any atom is -0.447 e. The molecule has 36 heavy (non-hydrogen) atoms. The van der Waals surface area contributed by atoms with Gasteiger partial charge in [0.15, 0.2) is 5.69 Å². The first kappa shape index (κ1) is 24.2. The zero-order valence-corrected chi connectivity index (χ0v) is 20.3. The number of para-hydroxylation sites is 1. The smallest absolute Gasteiger partial charge is 0.273 e. The van der Waals surface area contributed by atoms with Crippen molar-refractivity contribution in [1.82, 2.24) is 20.2 Å². The average molecular weight is 490 g/mol. The Morgan fingerprint density at radius 3 is 2.69 bits per heavy atom. The number of hydrogen-bond donors (Lipinski definition) is 3. The van der Waals surface area contributed by atoms with Crippen LogP contribution in [0, 0.1) is 5.82 Å². The van der Waals surface area contributed by atoms with Crippen molar-refractivity contribution in [1.29, 1.82) is 0 Å². The van der Waals surface area contributed by atoms with Crippen LogP contribution in [0.25, 0.3) is 10.9 Å². The van der Waals surface area contributed by atoms with Crippen molar-refractivity contribution in [3.63, 3.8) is 0 Å². The van der Waals surface area contributed by atoms with E-state index in [2.05, 4.69) is 32.3 Å². The largest absolute Gasteiger partial charge is 0.447 e. The number of aromatic amines is 1. The molecule has 1 amide bonds. The number of halogens is 1. The van der Waals surface area contributed by atoms with E-state index >= 15 is 0 Å². The average Bonchev–Trinajstić information content (AvgIpc) is 3.52. The first-order valence-electron chi connectivity index (χ1n) is 12.6. The fourth-order valence-electron chi connectivity index (χ4n) is 4.88. The van der Waals surface area contributed by atoms with Crippen molar-refractivity contribution in [2.24, 2.45) is 5.73 Å². The summed E-state index contributed by atoms with van der Waals surface area (Å²) >= 11 is 0. The van der Waals surface area contributed by atoms with Gasteiger partial charge in [0.05, 0.1) is 6.54 Å². The molecule has 8 heteroatoms. The van der Waals surface area contributed by atoms with E-state index in [1.807, 2.05) is 18.3 Å². The van der Waals surface area contributed by atoms with Gasteiger partial charge in [-0.15, -0.1) is 0 Å². The molecule has 0 aliphatic heterocycles. The lowest BCUT2D eigenvalue weighted by Gasteiger charge is -2.26. The van der Waals surface area contributed by atoms with E-state index in [1.165, 1.54) is 29.3 Å². The van der Waals surface area contributed by atoms with E-state index in [4.69, 9.17) is 10.2 Å². The van der Waals surface area contributed by atoms with Crippen LogP contribution in [0.3, 0.4) is 0 Å². The summed E-state index contributed by atoms with van der Waals surface area (Å²) in [6, 6.07) is 15.1. The molecule has 2 aromatic carbocycles. The summed E-state index contributed by atoms with van der Waals surface area (Å²) in [6.45, 7) is 1.78. The molecular weight excluding hydrogens is 457 g/mol. The minimum atomic E-state index is -0.257. The fraction of sp³-hybridized carbons (Fsp3) is 0.357. The molecule has 2 heterocycles. The molecule has 5 rings (SSSR count). The monoisotopic (exact) mass is 489 g/mol. The van der Waals surface area contributed by atoms with E-state index in [1.54, 1.807) is 12.1 Å². The second-order valence-corrected chi connectivity index (χ2v) is 9.66. The molecule has 4 N–H and O–H groups in total. The summed E-state index contributed by atoms with van der Waals surface area (Å²) in [4.78, 5) is 22.7. The highest BCUT2D eigenvalue weighted by molar-refractivity contribution is 5.92. The standard InChI is InChI=1S/C28H32FN5O2/c29-21-7-5-19(6-8-21)16-34(14-13-20-15-31-25-4-2-1-3-24(20)25)17-27-33-26(18-36-27)28(35)32-23-11-9-22(30)10-12-23/h1-8,15,18,22-23,31H,9-14,16-17,30H2,(H,32,35). The quantitative estimate of drug-likeness (QED) is 0.321. The number of nitrogens with two attached hydrogens (primary N) is 1. The Morgan fingerprint density at radius 1 is 1.11 bits per heavy atom. The molecule has 0 radical (unpaired) electrons. The third kappa shape index (κ3) is 6.01. The van der Waals surface area contributed by atoms with E-state index in [-0.39, 0.29) is 23.8 Å². The molecule has 4 aromatic rings. The van der Waals surface area contributed by atoms with Crippen LogP contribution in [0.2, 0.25) is 0 Å². The maximum atomic E-state index is 13.4. The Morgan fingerprint density at radius 2 is 1.89 bits per heavy atom. The number of oxazole rings is 1. The number of H-pyrrole nitrogens is 1. The molecular formula is C28H32FN5O2. The van der Waals surface area contributed by atoms with Gasteiger partial charge in [-0.3, -0.25) is 9.69 Å². The lowest BCUT2D eigenvalue weighted by Crippen LogP contribution is -2.40. The SMILES string of the molecule is NC1CCC(NC(=O)c2coc(CN(CCc3c[nH]c4ccccc34)Cc3ccc(F)cc3)n2)CC1. The Labute approximate surface area is 209 Å². The van der Waals surface area contributed by atoms with Gasteiger partial charge in [-0.25, -0.2) is 9.37 Å². The molecule has 0 unspecified atom stereocenters. The lowest BCUT2D eigenvalue weighted by molar-refractivity contribution is 0.0920. The number of nitrogens with one attached hydrogen (secondary N) is 2. The number of nitrogens with zero attached hydrogens (tertiary/aromatic N) is 2. The molecule has 1 fully saturated rings. The van der Waals surface area contributed by atoms with Gasteiger partial charge in [0.1, 0.15) is 12.1 Å². The maximum Gasteiger partial charge on any atom is 0.273 e. The van der Waals surface area contributed by atoms with Crippen LogP contribution in [-0.4, -0.2) is 39.4 Å². The summed E-state index contributed by atoms with van der Waals surface area (Å²) in [5.41, 5.74) is 9.60. The number of carbonyl (C=O) groups excluding carboxylic acids is 1. The lowest BCUT2D eigenvalue weighted by atomic mass is 9.92. The van der Waals surface area contributed by atoms with Crippen LogP contribution in [-0.2, 0) is 19.5 Å². The summed E-state index contributed by atoms with van der Waals surface area (Å²) in [6.07, 6.45) is 7.91. The Balaban J connectivity index is 1.26. The third-order valence-corrected chi connectivity index (χ3v) is 6.94. The summed E-state index contributed by atoms with van der Waals surface area (Å²) in [5.74, 6) is 0.00796. The molecule has 0 atom stereocenters. The molecule has 1 saturated carbocycles. The van der Waals surface area contributed by atoms with Gasteiger partial charge >= 0.3 is 0 Å². The fourth-order valence-corrected chi connectivity index (χ4v) is 4.88. The first-order chi connectivity index (χ1) is 17.5. The zero-order valence-electron chi connectivity index (χ0n) is 20.3. The first-order valence-corrected chi connectivity index (χ1v) is 12.6. The molecule has 1 aliphatic carbocycles. The molecule has 0 bridgehead atoms. The number of amides is 1. The molecule has 188 valence electrons. The van der Waals surface area contributed by atoms with Gasteiger partial charge in [-0.05, 0) is 61.4 Å². The number of benzene rings is 2. The van der Waals surface area contributed by atoms with Crippen LogP contribution >= 0.6 is 0 Å². The zero-order chi connectivity index (χ0) is 24.9. The minimum absolute atomic E-state index is 0.128. The van der Waals surface area contributed by atoms with Crippen LogP contribution in [0.4, 0.5) is 4.39 Å². The molecule has 1 aliphatic rings. The highest BCUT2D eigenvalue weighted by Crippen LogP contribution is 2.20. The molecule has 0 saturated heterocycles. The van der Waals surface area contributed by atoms with Gasteiger partial charge in [0, 0.05) is 42.3 Å². The van der Waals surface area contributed by atoms with Crippen LogP contribution in [0.5, 0.6) is 0 Å². The van der Waals surface area contributed by atoms with Crippen molar-refractivity contribution in [3.8, 4) is 0 Å². The predicted octanol–water partition coefficient (Wildman–Crippen LogP) is 4.54. The number of carbonyl (C=O) groups is 1. The van der Waals surface area contributed by atoms with Gasteiger partial charge in [-0.2, -0.15) is 0 Å². The number of fused-ring (bicyclic) bond motifs is 1. The van der Waals surface area contributed by atoms with Gasteiger partial charge in [0.2, 0.25) is 5.89 Å². The van der Waals surface area contributed by atoms with E-state index in [9.17, 15) is 9.18 Å². The Bertz CT molecular complexity index is 1290. The number of rotatable bonds is 9. The number of aromatic nitrogens is 2. The van der Waals surface area contributed by atoms with Crippen LogP contribution < -0.4 is 11.1 Å². The summed E-state index contributed by atoms with van der Waals surface area (Å²) < 4.78 is 19.1. The Kier molecular flexibility index (Phi) is 7.44. The summed E-state index contributed by atoms with van der Waals surface area (Å²) in [7, 11) is 0. The second kappa shape index (κ2) is 11.1. The van der Waals surface area contributed by atoms with E-state index < -0.39 is 0 Å². The van der Waals surface area contributed by atoms with Crippen molar-refractivity contribution in [3.05, 3.63) is 89.5 Å². The van der Waals surface area contributed by atoms with E-state index in [0.29, 0.717) is 24.7 Å². The highest BCUT2D eigenvalue weighted by atomic mass is 19.1. The van der Waals surface area contributed by atoms with Crippen molar-refractivity contribution in [2.75, 3.05) is 6.54 Å². The highest BCUT2D eigenvalue weighted by Gasteiger charge is 2.22. The van der Waals surface area contributed by atoms with Crippen molar-refractivity contribution >= 4 is 16.8 Å². The molecule has 7 nitrogen and oxygen atoms in total. The Hall–Kier alpha value is -3.49. The number of hydrogen-bond acceptors (Lipinski definition) is 5.